The third-order valence-corrected chi connectivity index (χ3v) is 3.02. The number of anilines is 1. The Hall–Kier alpha value is -2.30. The van der Waals surface area contributed by atoms with Crippen LogP contribution in [-0.2, 0) is 6.42 Å². The van der Waals surface area contributed by atoms with Gasteiger partial charge in [-0.15, -0.1) is 0 Å². The predicted octanol–water partition coefficient (Wildman–Crippen LogP) is 3.66. The zero-order valence-corrected chi connectivity index (χ0v) is 12.7. The summed E-state index contributed by atoms with van der Waals surface area (Å²) in [6, 6.07) is 7.45. The first-order valence-corrected chi connectivity index (χ1v) is 7.18. The summed E-state index contributed by atoms with van der Waals surface area (Å²) in [7, 11) is 1.64. The van der Waals surface area contributed by atoms with Gasteiger partial charge in [0.2, 0.25) is 5.88 Å². The Morgan fingerprint density at radius 1 is 1.05 bits per heavy atom. The fraction of sp³-hybridized carbons (Fsp3) is 0.375. The van der Waals surface area contributed by atoms with Crippen LogP contribution in [0.1, 0.15) is 25.8 Å². The monoisotopic (exact) mass is 287 g/mol. The zero-order valence-electron chi connectivity index (χ0n) is 12.7. The van der Waals surface area contributed by atoms with Crippen molar-refractivity contribution in [1.82, 2.24) is 9.97 Å². The number of rotatable bonds is 7. The van der Waals surface area contributed by atoms with Gasteiger partial charge in [0.05, 0.1) is 12.7 Å². The molecule has 5 heteroatoms. The van der Waals surface area contributed by atoms with E-state index < -0.39 is 0 Å². The summed E-state index contributed by atoms with van der Waals surface area (Å²) < 4.78 is 11.0. The second-order valence-corrected chi connectivity index (χ2v) is 4.56. The molecule has 0 aliphatic carbocycles. The van der Waals surface area contributed by atoms with Crippen LogP contribution in [0.25, 0.3) is 0 Å². The van der Waals surface area contributed by atoms with E-state index in [4.69, 9.17) is 9.47 Å². The first-order valence-electron chi connectivity index (χ1n) is 7.18. The molecule has 0 unspecified atom stereocenters. The van der Waals surface area contributed by atoms with E-state index in [-0.39, 0.29) is 0 Å². The van der Waals surface area contributed by atoms with Crippen molar-refractivity contribution in [3.05, 3.63) is 36.2 Å². The number of nitrogens with zero attached hydrogens (tertiary/aromatic N) is 2. The van der Waals surface area contributed by atoms with Crippen LogP contribution in [0.5, 0.6) is 17.4 Å². The molecule has 112 valence electrons. The average Bonchev–Trinajstić information content (AvgIpc) is 2.51. The molecule has 1 aromatic carbocycles. The largest absolute Gasteiger partial charge is 0.497 e. The SMILES string of the molecule is CCCc1c(NCC)ncnc1Oc1ccc(OC)cc1. The minimum absolute atomic E-state index is 0.605. The maximum atomic E-state index is 5.90. The summed E-state index contributed by atoms with van der Waals surface area (Å²) in [4.78, 5) is 8.57. The van der Waals surface area contributed by atoms with Gasteiger partial charge in [-0.25, -0.2) is 9.97 Å². The molecule has 0 aliphatic heterocycles. The second-order valence-electron chi connectivity index (χ2n) is 4.56. The Morgan fingerprint density at radius 3 is 2.38 bits per heavy atom. The number of hydrogen-bond donors (Lipinski definition) is 1. The van der Waals surface area contributed by atoms with Gasteiger partial charge in [0.1, 0.15) is 23.6 Å². The van der Waals surface area contributed by atoms with Gasteiger partial charge >= 0.3 is 0 Å². The van der Waals surface area contributed by atoms with E-state index in [1.54, 1.807) is 7.11 Å². The van der Waals surface area contributed by atoms with Gasteiger partial charge in [0, 0.05) is 6.54 Å². The minimum Gasteiger partial charge on any atom is -0.497 e. The molecule has 0 aliphatic rings. The lowest BCUT2D eigenvalue weighted by Gasteiger charge is -2.13. The molecule has 1 heterocycles. The average molecular weight is 287 g/mol. The van der Waals surface area contributed by atoms with Crippen molar-refractivity contribution < 1.29 is 9.47 Å². The van der Waals surface area contributed by atoms with Crippen LogP contribution in [0.3, 0.4) is 0 Å². The van der Waals surface area contributed by atoms with Crippen LogP contribution in [0, 0.1) is 0 Å². The summed E-state index contributed by atoms with van der Waals surface area (Å²) in [5.74, 6) is 2.98. The van der Waals surface area contributed by atoms with Gasteiger partial charge in [-0.1, -0.05) is 13.3 Å². The lowest BCUT2D eigenvalue weighted by atomic mass is 10.1. The lowest BCUT2D eigenvalue weighted by molar-refractivity contribution is 0.411. The van der Waals surface area contributed by atoms with Crippen LogP contribution in [0.2, 0.25) is 0 Å². The first-order chi connectivity index (χ1) is 10.3. The van der Waals surface area contributed by atoms with Crippen molar-refractivity contribution in [1.29, 1.82) is 0 Å². The quantitative estimate of drug-likeness (QED) is 0.842. The first kappa shape index (κ1) is 15.1. The molecule has 0 radical (unpaired) electrons. The second kappa shape index (κ2) is 7.47. The lowest BCUT2D eigenvalue weighted by Crippen LogP contribution is -2.06. The maximum Gasteiger partial charge on any atom is 0.227 e. The Labute approximate surface area is 125 Å². The van der Waals surface area contributed by atoms with Gasteiger partial charge < -0.3 is 14.8 Å². The van der Waals surface area contributed by atoms with E-state index in [0.717, 1.165) is 42.3 Å². The molecule has 0 amide bonds. The molecule has 21 heavy (non-hydrogen) atoms. The standard InChI is InChI=1S/C16H21N3O2/c1-4-6-14-15(17-5-2)18-11-19-16(14)21-13-9-7-12(20-3)8-10-13/h7-11H,4-6H2,1-3H3,(H,17,18,19). The van der Waals surface area contributed by atoms with E-state index in [0.29, 0.717) is 5.88 Å². The summed E-state index contributed by atoms with van der Waals surface area (Å²) in [5.41, 5.74) is 1.01. The maximum absolute atomic E-state index is 5.90. The third kappa shape index (κ3) is 3.84. The van der Waals surface area contributed by atoms with Crippen molar-refractivity contribution in [2.24, 2.45) is 0 Å². The van der Waals surface area contributed by atoms with Crippen LogP contribution < -0.4 is 14.8 Å². The van der Waals surface area contributed by atoms with Gasteiger partial charge in [-0.05, 0) is 37.6 Å². The van der Waals surface area contributed by atoms with Crippen molar-refractivity contribution in [2.75, 3.05) is 19.0 Å². The summed E-state index contributed by atoms with van der Waals surface area (Å²) in [6.45, 7) is 4.98. The number of nitrogens with one attached hydrogen (secondary N) is 1. The van der Waals surface area contributed by atoms with Gasteiger partial charge in [0.25, 0.3) is 0 Å². The van der Waals surface area contributed by atoms with Gasteiger partial charge in [-0.3, -0.25) is 0 Å². The van der Waals surface area contributed by atoms with Crippen LogP contribution in [-0.4, -0.2) is 23.6 Å². The van der Waals surface area contributed by atoms with Crippen LogP contribution in [0.15, 0.2) is 30.6 Å². The van der Waals surface area contributed by atoms with Crippen molar-refractivity contribution in [3.8, 4) is 17.4 Å². The molecule has 0 saturated carbocycles. The summed E-state index contributed by atoms with van der Waals surface area (Å²) in [6.07, 6.45) is 3.40. The molecular weight excluding hydrogens is 266 g/mol. The smallest absolute Gasteiger partial charge is 0.227 e. The molecule has 0 bridgehead atoms. The van der Waals surface area contributed by atoms with Crippen molar-refractivity contribution >= 4 is 5.82 Å². The summed E-state index contributed by atoms with van der Waals surface area (Å²) in [5, 5.41) is 3.25. The normalized spacial score (nSPS) is 10.2. The molecule has 5 nitrogen and oxygen atoms in total. The van der Waals surface area contributed by atoms with Crippen molar-refractivity contribution in [2.45, 2.75) is 26.7 Å². The molecule has 1 N–H and O–H groups in total. The van der Waals surface area contributed by atoms with E-state index in [1.807, 2.05) is 31.2 Å². The molecule has 1 aromatic heterocycles. The number of hydrogen-bond acceptors (Lipinski definition) is 5. The van der Waals surface area contributed by atoms with E-state index in [2.05, 4.69) is 22.2 Å². The zero-order chi connectivity index (χ0) is 15.1. The number of benzene rings is 1. The van der Waals surface area contributed by atoms with Gasteiger partial charge in [0.15, 0.2) is 0 Å². The van der Waals surface area contributed by atoms with E-state index >= 15 is 0 Å². The highest BCUT2D eigenvalue weighted by molar-refractivity contribution is 5.50. The minimum atomic E-state index is 0.605. The number of aromatic nitrogens is 2. The van der Waals surface area contributed by atoms with E-state index in [1.165, 1.54) is 6.33 Å². The Bertz CT molecular complexity index is 570. The molecule has 0 saturated heterocycles. The fourth-order valence-corrected chi connectivity index (χ4v) is 2.03. The van der Waals surface area contributed by atoms with Crippen molar-refractivity contribution in [3.63, 3.8) is 0 Å². The van der Waals surface area contributed by atoms with Crippen LogP contribution in [0.4, 0.5) is 5.82 Å². The van der Waals surface area contributed by atoms with Crippen LogP contribution >= 0.6 is 0 Å². The highest BCUT2D eigenvalue weighted by Crippen LogP contribution is 2.29. The fourth-order valence-electron chi connectivity index (χ4n) is 2.03. The number of ether oxygens (including phenoxy) is 2. The third-order valence-electron chi connectivity index (χ3n) is 3.02. The predicted molar refractivity (Wildman–Crippen MR) is 83.3 cm³/mol. The number of methoxy groups -OCH3 is 1. The molecular formula is C16H21N3O2. The van der Waals surface area contributed by atoms with E-state index in [9.17, 15) is 0 Å². The van der Waals surface area contributed by atoms with Gasteiger partial charge in [-0.2, -0.15) is 0 Å². The Kier molecular flexibility index (Phi) is 5.37. The molecule has 2 rings (SSSR count). The Balaban J connectivity index is 2.26. The molecule has 0 atom stereocenters. The topological polar surface area (TPSA) is 56.3 Å². The summed E-state index contributed by atoms with van der Waals surface area (Å²) >= 11 is 0. The molecule has 0 spiro atoms. The highest BCUT2D eigenvalue weighted by Gasteiger charge is 2.12. The molecule has 0 fully saturated rings. The highest BCUT2D eigenvalue weighted by atomic mass is 16.5. The molecule has 2 aromatic rings. The Morgan fingerprint density at radius 2 is 1.76 bits per heavy atom.